The van der Waals surface area contributed by atoms with E-state index in [1.807, 2.05) is 0 Å². The molecule has 0 aliphatic heterocycles. The van der Waals surface area contributed by atoms with Gasteiger partial charge in [-0.05, 0) is 50.0 Å². The third-order valence-corrected chi connectivity index (χ3v) is 5.02. The molecular weight excluding hydrogens is 268 g/mol. The van der Waals surface area contributed by atoms with Crippen LogP contribution in [0.2, 0.25) is 0 Å². The summed E-state index contributed by atoms with van der Waals surface area (Å²) in [6, 6.07) is 1.77. The maximum Gasteiger partial charge on any atom is 0.254 e. The van der Waals surface area contributed by atoms with Crippen molar-refractivity contribution >= 4 is 11.8 Å². The Bertz CT molecular complexity index is 512. The smallest absolute Gasteiger partial charge is 0.254 e. The molecule has 1 aromatic rings. The number of carbonyl (C=O) groups is 2. The lowest BCUT2D eigenvalue weighted by molar-refractivity contribution is -0.121. The van der Waals surface area contributed by atoms with E-state index < -0.39 is 0 Å². The molecule has 3 rings (SSSR count). The number of carbonyl (C=O) groups excluding carboxylic acids is 2. The molecular formula is C16H22N2O3. The van der Waals surface area contributed by atoms with Crippen LogP contribution in [0.25, 0.3) is 0 Å². The SMILES string of the molecule is C[C@@H](NC(=O)CNC(=O)c1ccoc1)[C@H]1C[C@H]2CC[C@H]1C2. The van der Waals surface area contributed by atoms with Gasteiger partial charge in [-0.1, -0.05) is 6.42 Å². The van der Waals surface area contributed by atoms with E-state index in [0.29, 0.717) is 11.5 Å². The molecule has 5 nitrogen and oxygen atoms in total. The first-order chi connectivity index (χ1) is 10.1. The van der Waals surface area contributed by atoms with Crippen LogP contribution >= 0.6 is 0 Å². The van der Waals surface area contributed by atoms with Gasteiger partial charge in [0.1, 0.15) is 6.26 Å². The first-order valence-corrected chi connectivity index (χ1v) is 7.73. The number of fused-ring (bicyclic) bond motifs is 2. The van der Waals surface area contributed by atoms with E-state index in [-0.39, 0.29) is 24.4 Å². The first kappa shape index (κ1) is 14.2. The standard InChI is InChI=1S/C16H22N2O3/c1-10(14-7-11-2-3-12(14)6-11)18-15(19)8-17-16(20)13-4-5-21-9-13/h4-5,9-12,14H,2-3,6-8H2,1H3,(H,17,20)(H,18,19)/t10-,11+,12+,14-/m1/s1. The molecule has 2 saturated carbocycles. The highest BCUT2D eigenvalue weighted by atomic mass is 16.3. The summed E-state index contributed by atoms with van der Waals surface area (Å²) in [6.45, 7) is 2.09. The largest absolute Gasteiger partial charge is 0.472 e. The van der Waals surface area contributed by atoms with Crippen molar-refractivity contribution in [3.63, 3.8) is 0 Å². The summed E-state index contributed by atoms with van der Waals surface area (Å²) in [5, 5.41) is 5.63. The lowest BCUT2D eigenvalue weighted by Crippen LogP contribution is -2.44. The highest BCUT2D eigenvalue weighted by Crippen LogP contribution is 2.49. The molecule has 0 unspecified atom stereocenters. The van der Waals surface area contributed by atoms with E-state index in [2.05, 4.69) is 17.6 Å². The summed E-state index contributed by atoms with van der Waals surface area (Å²) in [5.41, 5.74) is 0.434. The second-order valence-corrected chi connectivity index (χ2v) is 6.39. The Morgan fingerprint density at radius 1 is 1.38 bits per heavy atom. The van der Waals surface area contributed by atoms with Crippen molar-refractivity contribution in [2.24, 2.45) is 17.8 Å². The molecule has 0 radical (unpaired) electrons. The van der Waals surface area contributed by atoms with Crippen LogP contribution in [0.15, 0.2) is 23.0 Å². The predicted molar refractivity (Wildman–Crippen MR) is 77.6 cm³/mol. The monoisotopic (exact) mass is 290 g/mol. The fourth-order valence-corrected chi connectivity index (χ4v) is 3.97. The van der Waals surface area contributed by atoms with Crippen LogP contribution in [0.5, 0.6) is 0 Å². The number of hydrogen-bond acceptors (Lipinski definition) is 3. The van der Waals surface area contributed by atoms with Crippen molar-refractivity contribution in [2.45, 2.75) is 38.6 Å². The summed E-state index contributed by atoms with van der Waals surface area (Å²) in [7, 11) is 0. The van der Waals surface area contributed by atoms with E-state index in [0.717, 1.165) is 11.8 Å². The lowest BCUT2D eigenvalue weighted by atomic mass is 9.84. The van der Waals surface area contributed by atoms with Crippen LogP contribution in [-0.2, 0) is 4.79 Å². The van der Waals surface area contributed by atoms with Crippen LogP contribution in [0.1, 0.15) is 43.0 Å². The molecule has 21 heavy (non-hydrogen) atoms. The van der Waals surface area contributed by atoms with Gasteiger partial charge in [0, 0.05) is 6.04 Å². The summed E-state index contributed by atoms with van der Waals surface area (Å²) >= 11 is 0. The molecule has 2 amide bonds. The highest BCUT2D eigenvalue weighted by Gasteiger charge is 2.42. The predicted octanol–water partition coefficient (Wildman–Crippen LogP) is 1.95. The maximum atomic E-state index is 11.9. The fourth-order valence-electron chi connectivity index (χ4n) is 3.97. The Hall–Kier alpha value is -1.78. The van der Waals surface area contributed by atoms with Gasteiger partial charge in [-0.15, -0.1) is 0 Å². The topological polar surface area (TPSA) is 71.3 Å². The minimum Gasteiger partial charge on any atom is -0.472 e. The number of furan rings is 1. The molecule has 0 spiro atoms. The van der Waals surface area contributed by atoms with E-state index in [4.69, 9.17) is 4.42 Å². The van der Waals surface area contributed by atoms with Crippen molar-refractivity contribution in [1.82, 2.24) is 10.6 Å². The third kappa shape index (κ3) is 3.12. The van der Waals surface area contributed by atoms with Gasteiger partial charge >= 0.3 is 0 Å². The van der Waals surface area contributed by atoms with Crippen molar-refractivity contribution in [1.29, 1.82) is 0 Å². The summed E-state index contributed by atoms with van der Waals surface area (Å²) < 4.78 is 4.84. The van der Waals surface area contributed by atoms with Gasteiger partial charge in [0.15, 0.2) is 0 Å². The minimum absolute atomic E-state index is 0.00910. The zero-order chi connectivity index (χ0) is 14.8. The van der Waals surface area contributed by atoms with Gasteiger partial charge in [-0.25, -0.2) is 0 Å². The van der Waals surface area contributed by atoms with Gasteiger partial charge in [-0.2, -0.15) is 0 Å². The van der Waals surface area contributed by atoms with Crippen LogP contribution < -0.4 is 10.6 Å². The van der Waals surface area contributed by atoms with Gasteiger partial charge in [0.05, 0.1) is 18.4 Å². The first-order valence-electron chi connectivity index (χ1n) is 7.73. The quantitative estimate of drug-likeness (QED) is 0.870. The molecule has 2 N–H and O–H groups in total. The summed E-state index contributed by atoms with van der Waals surface area (Å²) in [5.74, 6) is 1.86. The van der Waals surface area contributed by atoms with Crippen LogP contribution in [-0.4, -0.2) is 24.4 Å². The maximum absolute atomic E-state index is 11.9. The lowest BCUT2D eigenvalue weighted by Gasteiger charge is -2.28. The van der Waals surface area contributed by atoms with Gasteiger partial charge in [0.2, 0.25) is 5.91 Å². The molecule has 5 heteroatoms. The molecule has 4 atom stereocenters. The Morgan fingerprint density at radius 3 is 2.86 bits per heavy atom. The van der Waals surface area contributed by atoms with Crippen molar-refractivity contribution in [2.75, 3.05) is 6.54 Å². The van der Waals surface area contributed by atoms with E-state index in [9.17, 15) is 9.59 Å². The van der Waals surface area contributed by atoms with Gasteiger partial charge in [-0.3, -0.25) is 9.59 Å². The van der Waals surface area contributed by atoms with Crippen molar-refractivity contribution in [3.8, 4) is 0 Å². The van der Waals surface area contributed by atoms with Gasteiger partial charge < -0.3 is 15.1 Å². The molecule has 114 valence electrons. The molecule has 2 aliphatic carbocycles. The fraction of sp³-hybridized carbons (Fsp3) is 0.625. The van der Waals surface area contributed by atoms with Crippen LogP contribution in [0.3, 0.4) is 0 Å². The van der Waals surface area contributed by atoms with E-state index in [1.54, 1.807) is 6.07 Å². The van der Waals surface area contributed by atoms with Crippen LogP contribution in [0.4, 0.5) is 0 Å². The Labute approximate surface area is 124 Å². The Morgan fingerprint density at radius 2 is 2.24 bits per heavy atom. The van der Waals surface area contributed by atoms with Crippen LogP contribution in [0, 0.1) is 17.8 Å². The number of rotatable bonds is 5. The molecule has 1 heterocycles. The Kier molecular flexibility index (Phi) is 3.99. The molecule has 2 fully saturated rings. The second kappa shape index (κ2) is 5.92. The molecule has 0 aromatic carbocycles. The second-order valence-electron chi connectivity index (χ2n) is 6.39. The number of amides is 2. The van der Waals surface area contributed by atoms with Crippen molar-refractivity contribution in [3.05, 3.63) is 24.2 Å². The molecule has 1 aromatic heterocycles. The number of hydrogen-bond donors (Lipinski definition) is 2. The highest BCUT2D eigenvalue weighted by molar-refractivity contribution is 5.96. The minimum atomic E-state index is -0.286. The summed E-state index contributed by atoms with van der Waals surface area (Å²) in [4.78, 5) is 23.6. The van der Waals surface area contributed by atoms with Crippen molar-refractivity contribution < 1.29 is 14.0 Å². The number of nitrogens with one attached hydrogen (secondary N) is 2. The summed E-state index contributed by atoms with van der Waals surface area (Å²) in [6.07, 6.45) is 8.06. The normalized spacial score (nSPS) is 28.3. The Balaban J connectivity index is 1.43. The molecule has 2 bridgehead atoms. The third-order valence-electron chi connectivity index (χ3n) is 5.02. The zero-order valence-corrected chi connectivity index (χ0v) is 12.3. The average Bonchev–Trinajstić information content (AvgIpc) is 3.20. The molecule has 0 saturated heterocycles. The molecule has 2 aliphatic rings. The van der Waals surface area contributed by atoms with E-state index in [1.165, 1.54) is 38.2 Å². The zero-order valence-electron chi connectivity index (χ0n) is 12.3. The van der Waals surface area contributed by atoms with E-state index >= 15 is 0 Å². The average molecular weight is 290 g/mol. The van der Waals surface area contributed by atoms with Gasteiger partial charge in [0.25, 0.3) is 5.91 Å².